The molecule has 40 heavy (non-hydrogen) atoms. The summed E-state index contributed by atoms with van der Waals surface area (Å²) < 4.78 is 11.5. The summed E-state index contributed by atoms with van der Waals surface area (Å²) >= 11 is 0. The monoisotopic (exact) mass is 543 g/mol. The van der Waals surface area contributed by atoms with Gasteiger partial charge in [-0.15, -0.1) is 0 Å². The molecule has 1 N–H and O–H groups in total. The van der Waals surface area contributed by atoms with E-state index in [-0.39, 0.29) is 18.1 Å². The predicted molar refractivity (Wildman–Crippen MR) is 156 cm³/mol. The highest BCUT2D eigenvalue weighted by Gasteiger charge is 2.28. The number of carbonyl (C=O) groups is 1. The van der Waals surface area contributed by atoms with Crippen LogP contribution in [0.4, 0.5) is 5.95 Å². The van der Waals surface area contributed by atoms with Crippen LogP contribution in [-0.4, -0.2) is 70.8 Å². The molecule has 212 valence electrons. The molecule has 1 amide bonds. The van der Waals surface area contributed by atoms with Crippen LogP contribution >= 0.6 is 0 Å². The number of amides is 1. The fourth-order valence-electron chi connectivity index (χ4n) is 5.84. The molecular formula is C32H41N5O3. The van der Waals surface area contributed by atoms with E-state index in [4.69, 9.17) is 19.4 Å². The lowest BCUT2D eigenvalue weighted by Crippen LogP contribution is -2.48. The van der Waals surface area contributed by atoms with E-state index in [9.17, 15) is 4.79 Å². The van der Waals surface area contributed by atoms with Crippen molar-refractivity contribution in [2.24, 2.45) is 5.92 Å². The third-order valence-corrected chi connectivity index (χ3v) is 7.59. The molecule has 0 bridgehead atoms. The third kappa shape index (κ3) is 7.04. The first-order valence-corrected chi connectivity index (χ1v) is 14.7. The molecule has 5 rings (SSSR count). The second-order valence-electron chi connectivity index (χ2n) is 11.1. The fourth-order valence-corrected chi connectivity index (χ4v) is 5.84. The van der Waals surface area contributed by atoms with Gasteiger partial charge in [-0.25, -0.2) is 9.97 Å². The van der Waals surface area contributed by atoms with Crippen LogP contribution in [0.1, 0.15) is 60.8 Å². The minimum Gasteiger partial charge on any atom is -0.380 e. The lowest BCUT2D eigenvalue weighted by molar-refractivity contribution is -0.0586. The smallest absolute Gasteiger partial charge is 0.254 e. The van der Waals surface area contributed by atoms with Crippen LogP contribution in [-0.2, 0) is 28.7 Å². The summed E-state index contributed by atoms with van der Waals surface area (Å²) in [5.74, 6) is 1.15. The Balaban J connectivity index is 1.41. The maximum atomic E-state index is 13.5. The van der Waals surface area contributed by atoms with Gasteiger partial charge in [0.2, 0.25) is 5.95 Å². The number of hydrogen-bond donors (Lipinski definition) is 1. The molecule has 1 aliphatic heterocycles. The number of hydrogen-bond acceptors (Lipinski definition) is 7. The van der Waals surface area contributed by atoms with Crippen LogP contribution < -0.4 is 5.32 Å². The first-order chi connectivity index (χ1) is 19.5. The van der Waals surface area contributed by atoms with Crippen LogP contribution in [0, 0.1) is 5.92 Å². The zero-order valence-corrected chi connectivity index (χ0v) is 23.9. The van der Waals surface area contributed by atoms with Gasteiger partial charge in [0.05, 0.1) is 30.2 Å². The zero-order chi connectivity index (χ0) is 27.9. The molecular weight excluding hydrogens is 502 g/mol. The molecule has 1 saturated heterocycles. The van der Waals surface area contributed by atoms with Gasteiger partial charge < -0.3 is 19.7 Å². The predicted octanol–water partition coefficient (Wildman–Crippen LogP) is 4.97. The highest BCUT2D eigenvalue weighted by molar-refractivity contribution is 5.95. The number of morpholine rings is 1. The number of benzene rings is 1. The standard InChI is InChI=1S/C32H41N5O3/c1-4-14-39-15-13-34-32-35-29-17-24(16-25-7-6-12-33-19-25)10-11-28(29)30(36-32)26-8-5-9-27(18-26)31(38)37-20-22(2)40-23(3)21-37/h5-9,12,18-19,22-24H,4,10-11,13-17,20-21H2,1-3H3,(H,34,35,36). The topological polar surface area (TPSA) is 89.5 Å². The van der Waals surface area contributed by atoms with Crippen LogP contribution in [0.3, 0.4) is 0 Å². The summed E-state index contributed by atoms with van der Waals surface area (Å²) in [6.07, 6.45) is 8.69. The van der Waals surface area contributed by atoms with Crippen molar-refractivity contribution < 1.29 is 14.3 Å². The van der Waals surface area contributed by atoms with Crippen molar-refractivity contribution in [3.05, 3.63) is 71.2 Å². The summed E-state index contributed by atoms with van der Waals surface area (Å²) in [6, 6.07) is 12.1. The Morgan fingerprint density at radius 1 is 1.12 bits per heavy atom. The molecule has 0 saturated carbocycles. The van der Waals surface area contributed by atoms with Gasteiger partial charge in [0.1, 0.15) is 0 Å². The van der Waals surface area contributed by atoms with Crippen LogP contribution in [0.15, 0.2) is 48.8 Å². The van der Waals surface area contributed by atoms with Gasteiger partial charge in [-0.05, 0) is 75.6 Å². The molecule has 1 fully saturated rings. The third-order valence-electron chi connectivity index (χ3n) is 7.59. The summed E-state index contributed by atoms with van der Waals surface area (Å²) in [7, 11) is 0. The van der Waals surface area contributed by atoms with Crippen molar-refractivity contribution in [2.45, 2.75) is 65.1 Å². The van der Waals surface area contributed by atoms with E-state index in [0.717, 1.165) is 55.7 Å². The fraction of sp³-hybridized carbons (Fsp3) is 0.500. The van der Waals surface area contributed by atoms with Crippen molar-refractivity contribution >= 4 is 11.9 Å². The Hall–Kier alpha value is -3.36. The maximum Gasteiger partial charge on any atom is 0.254 e. The Morgan fingerprint density at radius 3 is 2.75 bits per heavy atom. The van der Waals surface area contributed by atoms with Crippen LogP contribution in [0.2, 0.25) is 0 Å². The lowest BCUT2D eigenvalue weighted by Gasteiger charge is -2.35. The SMILES string of the molecule is CCCOCCNc1nc2c(c(-c3cccc(C(=O)N4CC(C)OC(C)C4)c3)n1)CCC(Cc1cccnc1)C2. The number of rotatable bonds is 10. The number of fused-ring (bicyclic) bond motifs is 1. The van der Waals surface area contributed by atoms with Crippen molar-refractivity contribution in [1.82, 2.24) is 19.9 Å². The lowest BCUT2D eigenvalue weighted by atomic mass is 9.82. The summed E-state index contributed by atoms with van der Waals surface area (Å²) in [6.45, 7) is 9.33. The van der Waals surface area contributed by atoms with Gasteiger partial charge in [-0.1, -0.05) is 25.1 Å². The minimum atomic E-state index is 0.0271. The van der Waals surface area contributed by atoms with E-state index in [1.807, 2.05) is 55.4 Å². The summed E-state index contributed by atoms with van der Waals surface area (Å²) in [5.41, 5.74) is 6.09. The second-order valence-corrected chi connectivity index (χ2v) is 11.1. The summed E-state index contributed by atoms with van der Waals surface area (Å²) in [5, 5.41) is 3.38. The number of pyridine rings is 1. The van der Waals surface area contributed by atoms with Gasteiger partial charge in [0, 0.05) is 55.3 Å². The van der Waals surface area contributed by atoms with E-state index in [1.54, 1.807) is 0 Å². The van der Waals surface area contributed by atoms with Gasteiger partial charge in [-0.2, -0.15) is 0 Å². The van der Waals surface area contributed by atoms with Crippen LogP contribution in [0.25, 0.3) is 11.3 Å². The molecule has 1 aliphatic carbocycles. The second kappa shape index (κ2) is 13.3. The number of carbonyl (C=O) groups excluding carboxylic acids is 1. The molecule has 3 aromatic rings. The highest BCUT2D eigenvalue weighted by atomic mass is 16.5. The molecule has 2 aromatic heterocycles. The maximum absolute atomic E-state index is 13.5. The molecule has 8 nitrogen and oxygen atoms in total. The quantitative estimate of drug-likeness (QED) is 0.361. The van der Waals surface area contributed by atoms with Crippen molar-refractivity contribution in [1.29, 1.82) is 0 Å². The Labute approximate surface area is 237 Å². The highest BCUT2D eigenvalue weighted by Crippen LogP contribution is 2.34. The van der Waals surface area contributed by atoms with E-state index in [0.29, 0.717) is 43.7 Å². The van der Waals surface area contributed by atoms with Gasteiger partial charge in [-0.3, -0.25) is 9.78 Å². The molecule has 0 spiro atoms. The zero-order valence-electron chi connectivity index (χ0n) is 23.9. The molecule has 8 heteroatoms. The number of nitrogens with one attached hydrogen (secondary N) is 1. The number of nitrogens with zero attached hydrogens (tertiary/aromatic N) is 4. The minimum absolute atomic E-state index is 0.0271. The first kappa shape index (κ1) is 28.2. The van der Waals surface area contributed by atoms with Gasteiger partial charge >= 0.3 is 0 Å². The number of aromatic nitrogens is 3. The molecule has 0 radical (unpaired) electrons. The number of anilines is 1. The molecule has 2 aliphatic rings. The van der Waals surface area contributed by atoms with Crippen molar-refractivity contribution in [2.75, 3.05) is 38.2 Å². The average Bonchev–Trinajstić information content (AvgIpc) is 2.96. The molecule has 3 atom stereocenters. The number of ether oxygens (including phenoxy) is 2. The van der Waals surface area contributed by atoms with E-state index >= 15 is 0 Å². The average molecular weight is 544 g/mol. The molecule has 3 heterocycles. The largest absolute Gasteiger partial charge is 0.380 e. The molecule has 1 aromatic carbocycles. The Kier molecular flexibility index (Phi) is 9.39. The van der Waals surface area contributed by atoms with Crippen LogP contribution in [0.5, 0.6) is 0 Å². The van der Waals surface area contributed by atoms with Gasteiger partial charge in [0.15, 0.2) is 0 Å². The Morgan fingerprint density at radius 2 is 1.98 bits per heavy atom. The summed E-state index contributed by atoms with van der Waals surface area (Å²) in [4.78, 5) is 29.6. The normalized spacial score (nSPS) is 20.7. The molecule has 3 unspecified atom stereocenters. The van der Waals surface area contributed by atoms with E-state index in [1.165, 1.54) is 11.1 Å². The van der Waals surface area contributed by atoms with Crippen molar-refractivity contribution in [3.8, 4) is 11.3 Å². The van der Waals surface area contributed by atoms with Crippen molar-refractivity contribution in [3.63, 3.8) is 0 Å². The van der Waals surface area contributed by atoms with E-state index in [2.05, 4.69) is 29.4 Å². The van der Waals surface area contributed by atoms with E-state index < -0.39 is 0 Å². The van der Waals surface area contributed by atoms with Gasteiger partial charge in [0.25, 0.3) is 5.91 Å². The first-order valence-electron chi connectivity index (χ1n) is 14.7. The Bertz CT molecular complexity index is 1270.